The van der Waals surface area contributed by atoms with Gasteiger partial charge in [0.1, 0.15) is 5.75 Å². The Morgan fingerprint density at radius 2 is 1.71 bits per heavy atom. The molecule has 0 bridgehead atoms. The van der Waals surface area contributed by atoms with Crippen molar-refractivity contribution in [3.8, 4) is 5.75 Å². The zero-order valence-electron chi connectivity index (χ0n) is 12.3. The predicted octanol–water partition coefficient (Wildman–Crippen LogP) is 2.63. The zero-order chi connectivity index (χ0) is 15.8. The second kappa shape index (κ2) is 8.52. The molecule has 0 aliphatic heterocycles. The van der Waals surface area contributed by atoms with Gasteiger partial charge in [-0.2, -0.15) is 0 Å². The van der Waals surface area contributed by atoms with E-state index in [0.717, 1.165) is 0 Å². The summed E-state index contributed by atoms with van der Waals surface area (Å²) in [6.07, 6.45) is 0.105. The Labute approximate surface area is 129 Å². The molecule has 116 valence electrons. The molecule has 0 N–H and O–H groups in total. The van der Waals surface area contributed by atoms with Crippen molar-refractivity contribution in [1.82, 2.24) is 0 Å². The van der Waals surface area contributed by atoms with Crippen LogP contribution in [0.2, 0.25) is 5.02 Å². The summed E-state index contributed by atoms with van der Waals surface area (Å²) in [4.78, 5) is 23.9. The van der Waals surface area contributed by atoms with Crippen molar-refractivity contribution in [2.24, 2.45) is 5.92 Å². The number of carbonyl (C=O) groups excluding carboxylic acids is 2. The monoisotopic (exact) mass is 314 g/mol. The lowest BCUT2D eigenvalue weighted by Crippen LogP contribution is -2.30. The molecule has 1 aromatic rings. The fourth-order valence-corrected chi connectivity index (χ4v) is 2.00. The lowest BCUT2D eigenvalue weighted by atomic mass is 9.99. The van der Waals surface area contributed by atoms with E-state index in [2.05, 4.69) is 0 Å². The van der Waals surface area contributed by atoms with Gasteiger partial charge in [-0.15, -0.1) is 0 Å². The number of esters is 2. The first-order valence-electron chi connectivity index (χ1n) is 6.69. The summed E-state index contributed by atoms with van der Waals surface area (Å²) in [5.41, 5.74) is 0.627. The highest BCUT2D eigenvalue weighted by molar-refractivity contribution is 6.31. The van der Waals surface area contributed by atoms with Gasteiger partial charge in [0.2, 0.25) is 0 Å². The summed E-state index contributed by atoms with van der Waals surface area (Å²) in [5, 5.41) is 0.453. The van der Waals surface area contributed by atoms with E-state index >= 15 is 0 Å². The van der Waals surface area contributed by atoms with Crippen LogP contribution in [0.4, 0.5) is 0 Å². The van der Waals surface area contributed by atoms with Crippen LogP contribution in [0.1, 0.15) is 19.4 Å². The molecule has 0 aliphatic carbocycles. The maximum atomic E-state index is 11.9. The minimum absolute atomic E-state index is 0.105. The first-order chi connectivity index (χ1) is 10.0. The first kappa shape index (κ1) is 17.3. The second-order valence-electron chi connectivity index (χ2n) is 4.22. The number of benzene rings is 1. The van der Waals surface area contributed by atoms with Gasteiger partial charge < -0.3 is 14.2 Å². The highest BCUT2D eigenvalue weighted by Gasteiger charge is 2.30. The quantitative estimate of drug-likeness (QED) is 0.572. The number of rotatable bonds is 7. The lowest BCUT2D eigenvalue weighted by molar-refractivity contribution is -0.161. The number of ether oxygens (including phenoxy) is 3. The molecule has 1 rings (SSSR count). The van der Waals surface area contributed by atoms with Gasteiger partial charge in [0.15, 0.2) is 5.92 Å². The molecule has 5 nitrogen and oxygen atoms in total. The summed E-state index contributed by atoms with van der Waals surface area (Å²) in [5.74, 6) is -1.67. The van der Waals surface area contributed by atoms with Gasteiger partial charge in [0.05, 0.1) is 20.3 Å². The topological polar surface area (TPSA) is 61.8 Å². The average molecular weight is 315 g/mol. The minimum atomic E-state index is -1.03. The fourth-order valence-electron chi connectivity index (χ4n) is 1.80. The number of hydrogen-bond acceptors (Lipinski definition) is 5. The molecule has 0 fully saturated rings. The average Bonchev–Trinajstić information content (AvgIpc) is 2.46. The molecule has 1 aromatic carbocycles. The van der Waals surface area contributed by atoms with Crippen LogP contribution in [-0.4, -0.2) is 32.3 Å². The number of hydrogen-bond donors (Lipinski definition) is 0. The van der Waals surface area contributed by atoms with Gasteiger partial charge in [0.25, 0.3) is 0 Å². The third-order valence-corrected chi connectivity index (χ3v) is 3.19. The maximum Gasteiger partial charge on any atom is 0.320 e. The third kappa shape index (κ3) is 4.93. The van der Waals surface area contributed by atoms with Crippen molar-refractivity contribution in [3.05, 3.63) is 28.8 Å². The summed E-state index contributed by atoms with van der Waals surface area (Å²) in [6, 6.07) is 5.05. The SMILES string of the molecule is CCOC(=O)C(Cc1cc(OC)ccc1Cl)C(=O)OCC. The van der Waals surface area contributed by atoms with E-state index in [4.69, 9.17) is 25.8 Å². The van der Waals surface area contributed by atoms with E-state index in [-0.39, 0.29) is 19.6 Å². The van der Waals surface area contributed by atoms with Gasteiger partial charge in [-0.25, -0.2) is 0 Å². The number of carbonyl (C=O) groups is 2. The van der Waals surface area contributed by atoms with E-state index in [1.165, 1.54) is 7.11 Å². The van der Waals surface area contributed by atoms with E-state index in [0.29, 0.717) is 16.3 Å². The summed E-state index contributed by atoms with van der Waals surface area (Å²) in [7, 11) is 1.53. The van der Waals surface area contributed by atoms with Crippen LogP contribution >= 0.6 is 11.6 Å². The Morgan fingerprint density at radius 1 is 1.14 bits per heavy atom. The van der Waals surface area contributed by atoms with Crippen LogP contribution in [-0.2, 0) is 25.5 Å². The highest BCUT2D eigenvalue weighted by Crippen LogP contribution is 2.25. The van der Waals surface area contributed by atoms with Crippen molar-refractivity contribution in [2.45, 2.75) is 20.3 Å². The molecule has 0 unspecified atom stereocenters. The Kier molecular flexibility index (Phi) is 7.02. The zero-order valence-corrected chi connectivity index (χ0v) is 13.1. The first-order valence-corrected chi connectivity index (χ1v) is 7.06. The van der Waals surface area contributed by atoms with Crippen molar-refractivity contribution in [2.75, 3.05) is 20.3 Å². The molecule has 0 heterocycles. The van der Waals surface area contributed by atoms with Crippen LogP contribution in [0, 0.1) is 5.92 Å². The summed E-state index contributed by atoms with van der Waals surface area (Å²) in [6.45, 7) is 3.75. The normalized spacial score (nSPS) is 10.3. The molecule has 21 heavy (non-hydrogen) atoms. The summed E-state index contributed by atoms with van der Waals surface area (Å²) >= 11 is 6.10. The van der Waals surface area contributed by atoms with Crippen molar-refractivity contribution >= 4 is 23.5 Å². The smallest absolute Gasteiger partial charge is 0.320 e. The van der Waals surface area contributed by atoms with Crippen LogP contribution in [0.25, 0.3) is 0 Å². The van der Waals surface area contributed by atoms with Crippen LogP contribution in [0.15, 0.2) is 18.2 Å². The van der Waals surface area contributed by atoms with Gasteiger partial charge in [-0.3, -0.25) is 9.59 Å². The second-order valence-corrected chi connectivity index (χ2v) is 4.63. The van der Waals surface area contributed by atoms with Crippen LogP contribution in [0.3, 0.4) is 0 Å². The Bertz CT molecular complexity index is 483. The molecule has 0 amide bonds. The van der Waals surface area contributed by atoms with Crippen molar-refractivity contribution in [3.63, 3.8) is 0 Å². The molecular weight excluding hydrogens is 296 g/mol. The number of halogens is 1. The van der Waals surface area contributed by atoms with E-state index < -0.39 is 17.9 Å². The fraction of sp³-hybridized carbons (Fsp3) is 0.467. The molecule has 0 spiro atoms. The molecular formula is C15H19ClO5. The summed E-state index contributed by atoms with van der Waals surface area (Å²) < 4.78 is 15.0. The van der Waals surface area contributed by atoms with Crippen molar-refractivity contribution < 1.29 is 23.8 Å². The Balaban J connectivity index is 2.99. The minimum Gasteiger partial charge on any atom is -0.497 e. The van der Waals surface area contributed by atoms with E-state index in [1.54, 1.807) is 32.0 Å². The Morgan fingerprint density at radius 3 is 2.19 bits per heavy atom. The molecule has 0 aromatic heterocycles. The molecule has 0 radical (unpaired) electrons. The van der Waals surface area contributed by atoms with Crippen molar-refractivity contribution in [1.29, 1.82) is 0 Å². The van der Waals surface area contributed by atoms with Gasteiger partial charge >= 0.3 is 11.9 Å². The molecule has 0 atom stereocenters. The molecule has 0 saturated heterocycles. The standard InChI is InChI=1S/C15H19ClO5/c1-4-20-14(17)12(15(18)21-5-2)9-10-8-11(19-3)6-7-13(10)16/h6-8,12H,4-5,9H2,1-3H3. The van der Waals surface area contributed by atoms with Crippen LogP contribution in [0.5, 0.6) is 5.75 Å². The Hall–Kier alpha value is -1.75. The lowest BCUT2D eigenvalue weighted by Gasteiger charge is -2.15. The largest absolute Gasteiger partial charge is 0.497 e. The van der Waals surface area contributed by atoms with E-state index in [9.17, 15) is 9.59 Å². The molecule has 0 aliphatic rings. The maximum absolute atomic E-state index is 11.9. The van der Waals surface area contributed by atoms with Gasteiger partial charge in [-0.05, 0) is 44.0 Å². The number of methoxy groups -OCH3 is 1. The van der Waals surface area contributed by atoms with Gasteiger partial charge in [0, 0.05) is 5.02 Å². The molecule has 6 heteroatoms. The predicted molar refractivity (Wildman–Crippen MR) is 78.5 cm³/mol. The third-order valence-electron chi connectivity index (χ3n) is 2.82. The van der Waals surface area contributed by atoms with Crippen LogP contribution < -0.4 is 4.74 Å². The van der Waals surface area contributed by atoms with Gasteiger partial charge in [-0.1, -0.05) is 11.6 Å². The van der Waals surface area contributed by atoms with E-state index in [1.807, 2.05) is 0 Å². The highest BCUT2D eigenvalue weighted by atomic mass is 35.5. The molecule has 0 saturated carbocycles.